The lowest BCUT2D eigenvalue weighted by Crippen LogP contribution is -2.01. The van der Waals surface area contributed by atoms with Gasteiger partial charge in [-0.2, -0.15) is 0 Å². The Morgan fingerprint density at radius 3 is 3.00 bits per heavy atom. The number of rotatable bonds is 1. The van der Waals surface area contributed by atoms with Crippen LogP contribution < -0.4 is 0 Å². The highest BCUT2D eigenvalue weighted by Gasteiger charge is 2.11. The smallest absolute Gasteiger partial charge is 0.182 e. The van der Waals surface area contributed by atoms with Crippen LogP contribution in [0.25, 0.3) is 0 Å². The van der Waals surface area contributed by atoms with Crippen molar-refractivity contribution in [1.29, 1.82) is 0 Å². The molecular weight excluding hydrogens is 138 g/mol. The second kappa shape index (κ2) is 4.37. The van der Waals surface area contributed by atoms with E-state index in [2.05, 4.69) is 11.9 Å². The van der Waals surface area contributed by atoms with Crippen LogP contribution in [0.3, 0.4) is 0 Å². The fourth-order valence-electron chi connectivity index (χ4n) is 1.50. The van der Waals surface area contributed by atoms with Crippen LogP contribution in [0, 0.1) is 5.92 Å². The number of hydrogen-bond acceptors (Lipinski definition) is 2. The third-order valence-corrected chi connectivity index (χ3v) is 2.40. The van der Waals surface area contributed by atoms with Gasteiger partial charge in [0.15, 0.2) is 5.90 Å². The lowest BCUT2D eigenvalue weighted by molar-refractivity contribution is 0.382. The number of hydrogen-bond donors (Lipinski definition) is 0. The fraction of sp³-hybridized carbons (Fsp3) is 0.889. The molecular formula is C9H17NO. The van der Waals surface area contributed by atoms with E-state index in [4.69, 9.17) is 4.74 Å². The van der Waals surface area contributed by atoms with E-state index in [9.17, 15) is 0 Å². The van der Waals surface area contributed by atoms with E-state index in [1.165, 1.54) is 19.3 Å². The molecule has 1 heterocycles. The Bertz CT molecular complexity index is 142. The van der Waals surface area contributed by atoms with Gasteiger partial charge in [0.2, 0.25) is 0 Å². The molecule has 11 heavy (non-hydrogen) atoms. The summed E-state index contributed by atoms with van der Waals surface area (Å²) in [5, 5.41) is 0. The Balaban J connectivity index is 2.37. The molecule has 1 aliphatic heterocycles. The predicted octanol–water partition coefficient (Wildman–Crippen LogP) is 2.24. The summed E-state index contributed by atoms with van der Waals surface area (Å²) >= 11 is 0. The first-order valence-electron chi connectivity index (χ1n) is 4.44. The van der Waals surface area contributed by atoms with Crippen LogP contribution in [0.2, 0.25) is 0 Å². The summed E-state index contributed by atoms with van der Waals surface area (Å²) in [5.74, 6) is 1.81. The van der Waals surface area contributed by atoms with Gasteiger partial charge in [0.25, 0.3) is 0 Å². The maximum atomic E-state index is 5.11. The maximum absolute atomic E-state index is 5.11. The molecule has 0 fully saturated rings. The molecule has 0 saturated heterocycles. The van der Waals surface area contributed by atoms with E-state index in [0.717, 1.165) is 24.8 Å². The molecule has 0 aromatic heterocycles. The van der Waals surface area contributed by atoms with Gasteiger partial charge in [-0.05, 0) is 18.8 Å². The van der Waals surface area contributed by atoms with Crippen molar-refractivity contribution in [3.8, 4) is 0 Å². The predicted molar refractivity (Wildman–Crippen MR) is 46.9 cm³/mol. The van der Waals surface area contributed by atoms with Gasteiger partial charge in [0.1, 0.15) is 0 Å². The Kier molecular flexibility index (Phi) is 3.40. The quantitative estimate of drug-likeness (QED) is 0.569. The summed E-state index contributed by atoms with van der Waals surface area (Å²) in [5.41, 5.74) is 0. The van der Waals surface area contributed by atoms with Crippen LogP contribution in [-0.4, -0.2) is 19.6 Å². The fourth-order valence-corrected chi connectivity index (χ4v) is 1.50. The minimum atomic E-state index is 0.867. The third kappa shape index (κ3) is 2.52. The first-order chi connectivity index (χ1) is 5.36. The molecule has 0 bridgehead atoms. The molecule has 2 heteroatoms. The molecule has 1 atom stereocenters. The first-order valence-corrected chi connectivity index (χ1v) is 4.44. The normalized spacial score (nSPS) is 25.6. The first kappa shape index (κ1) is 8.57. The monoisotopic (exact) mass is 155 g/mol. The average molecular weight is 155 g/mol. The average Bonchev–Trinajstić information content (AvgIpc) is 2.28. The molecule has 2 nitrogen and oxygen atoms in total. The minimum Gasteiger partial charge on any atom is -0.484 e. The van der Waals surface area contributed by atoms with Crippen molar-refractivity contribution in [1.82, 2.24) is 0 Å². The van der Waals surface area contributed by atoms with E-state index in [1.54, 1.807) is 7.11 Å². The highest BCUT2D eigenvalue weighted by atomic mass is 16.5. The zero-order chi connectivity index (χ0) is 8.10. The van der Waals surface area contributed by atoms with Crippen molar-refractivity contribution in [3.05, 3.63) is 0 Å². The van der Waals surface area contributed by atoms with Gasteiger partial charge < -0.3 is 4.74 Å². The molecule has 0 saturated carbocycles. The molecule has 1 aliphatic rings. The van der Waals surface area contributed by atoms with Crippen molar-refractivity contribution in [3.63, 3.8) is 0 Å². The van der Waals surface area contributed by atoms with E-state index in [-0.39, 0.29) is 0 Å². The van der Waals surface area contributed by atoms with Gasteiger partial charge in [0, 0.05) is 13.0 Å². The van der Waals surface area contributed by atoms with Crippen LogP contribution in [-0.2, 0) is 4.74 Å². The van der Waals surface area contributed by atoms with Gasteiger partial charge >= 0.3 is 0 Å². The van der Waals surface area contributed by atoms with Crippen molar-refractivity contribution < 1.29 is 4.74 Å². The largest absolute Gasteiger partial charge is 0.484 e. The Morgan fingerprint density at radius 1 is 1.55 bits per heavy atom. The van der Waals surface area contributed by atoms with Gasteiger partial charge in [-0.15, -0.1) is 0 Å². The van der Waals surface area contributed by atoms with Crippen molar-refractivity contribution in [2.45, 2.75) is 32.6 Å². The summed E-state index contributed by atoms with van der Waals surface area (Å²) < 4.78 is 5.11. The zero-order valence-electron chi connectivity index (χ0n) is 7.47. The summed E-state index contributed by atoms with van der Waals surface area (Å²) in [6.45, 7) is 3.21. The topological polar surface area (TPSA) is 21.6 Å². The maximum Gasteiger partial charge on any atom is 0.182 e. The van der Waals surface area contributed by atoms with Gasteiger partial charge in [-0.1, -0.05) is 13.3 Å². The molecule has 0 radical (unpaired) electrons. The molecule has 0 amide bonds. The third-order valence-electron chi connectivity index (χ3n) is 2.40. The van der Waals surface area contributed by atoms with E-state index in [1.807, 2.05) is 0 Å². The number of nitrogens with zero attached hydrogens (tertiary/aromatic N) is 1. The Labute approximate surface area is 68.7 Å². The standard InChI is InChI=1S/C9H17NO/c1-3-8-4-5-9(11-2)10-7-6-8/h8H,3-7H2,1-2H3. The number of ether oxygens (including phenoxy) is 1. The molecule has 64 valence electrons. The number of methoxy groups -OCH3 is 1. The minimum absolute atomic E-state index is 0.867. The molecule has 0 aromatic carbocycles. The molecule has 0 aliphatic carbocycles. The highest BCUT2D eigenvalue weighted by molar-refractivity contribution is 5.76. The van der Waals surface area contributed by atoms with Crippen molar-refractivity contribution >= 4 is 5.90 Å². The molecule has 0 N–H and O–H groups in total. The van der Waals surface area contributed by atoms with Crippen molar-refractivity contribution in [2.75, 3.05) is 13.7 Å². The zero-order valence-corrected chi connectivity index (χ0v) is 7.47. The van der Waals surface area contributed by atoms with Crippen molar-refractivity contribution in [2.24, 2.45) is 10.9 Å². The molecule has 0 spiro atoms. The lowest BCUT2D eigenvalue weighted by Gasteiger charge is -2.08. The van der Waals surface area contributed by atoms with E-state index < -0.39 is 0 Å². The molecule has 0 aromatic rings. The summed E-state index contributed by atoms with van der Waals surface area (Å²) in [6, 6.07) is 0. The van der Waals surface area contributed by atoms with E-state index in [0.29, 0.717) is 0 Å². The lowest BCUT2D eigenvalue weighted by atomic mass is 9.98. The van der Waals surface area contributed by atoms with Crippen LogP contribution >= 0.6 is 0 Å². The highest BCUT2D eigenvalue weighted by Crippen LogP contribution is 2.18. The molecule has 1 unspecified atom stereocenters. The van der Waals surface area contributed by atoms with Crippen LogP contribution in [0.1, 0.15) is 32.6 Å². The van der Waals surface area contributed by atoms with Gasteiger partial charge in [0.05, 0.1) is 7.11 Å². The summed E-state index contributed by atoms with van der Waals surface area (Å²) in [7, 11) is 1.71. The van der Waals surface area contributed by atoms with Crippen LogP contribution in [0.4, 0.5) is 0 Å². The summed E-state index contributed by atoms with van der Waals surface area (Å²) in [6.07, 6.45) is 4.81. The SMILES string of the molecule is CCC1CCN=C(OC)CC1. The van der Waals surface area contributed by atoms with Gasteiger partial charge in [-0.3, -0.25) is 4.99 Å². The van der Waals surface area contributed by atoms with Crippen LogP contribution in [0.15, 0.2) is 4.99 Å². The second-order valence-corrected chi connectivity index (χ2v) is 3.08. The molecule has 1 rings (SSSR count). The van der Waals surface area contributed by atoms with Gasteiger partial charge in [-0.25, -0.2) is 0 Å². The van der Waals surface area contributed by atoms with E-state index >= 15 is 0 Å². The Hall–Kier alpha value is -0.530. The second-order valence-electron chi connectivity index (χ2n) is 3.08. The Morgan fingerprint density at radius 2 is 2.36 bits per heavy atom. The summed E-state index contributed by atoms with van der Waals surface area (Å²) in [4.78, 5) is 4.33. The number of aliphatic imine (C=N–C) groups is 1. The van der Waals surface area contributed by atoms with Crippen LogP contribution in [0.5, 0.6) is 0 Å².